The minimum atomic E-state index is -3.67. The van der Waals surface area contributed by atoms with Crippen LogP contribution in [0.2, 0.25) is 0 Å². The van der Waals surface area contributed by atoms with Gasteiger partial charge in [0.25, 0.3) is 10.0 Å². The Morgan fingerprint density at radius 3 is 2.84 bits per heavy atom. The molecule has 1 aromatic carbocycles. The van der Waals surface area contributed by atoms with Gasteiger partial charge < -0.3 is 9.73 Å². The number of benzene rings is 1. The van der Waals surface area contributed by atoms with Gasteiger partial charge in [-0.25, -0.2) is 13.1 Å². The minimum absolute atomic E-state index is 0. The molecule has 0 unspecified atom stereocenters. The number of aromatic nitrogens is 1. The molecule has 8 heteroatoms. The lowest BCUT2D eigenvalue weighted by atomic mass is 10.3. The van der Waals surface area contributed by atoms with E-state index in [-0.39, 0.29) is 23.7 Å². The fraction of sp³-hybridized carbons (Fsp3) is 0.364. The fourth-order valence-corrected chi connectivity index (χ4v) is 3.15. The molecule has 6 nitrogen and oxygen atoms in total. The Labute approximate surface area is 117 Å². The first-order chi connectivity index (χ1) is 8.65. The van der Waals surface area contributed by atoms with Crippen LogP contribution < -0.4 is 10.0 Å². The van der Waals surface area contributed by atoms with Crippen molar-refractivity contribution in [1.82, 2.24) is 15.0 Å². The van der Waals surface area contributed by atoms with Crippen LogP contribution >= 0.6 is 12.4 Å². The third kappa shape index (κ3) is 2.89. The molecule has 2 heterocycles. The van der Waals surface area contributed by atoms with Gasteiger partial charge in [0.05, 0.1) is 0 Å². The van der Waals surface area contributed by atoms with E-state index in [0.717, 1.165) is 13.0 Å². The molecule has 0 bridgehead atoms. The number of oxazole rings is 1. The summed E-state index contributed by atoms with van der Waals surface area (Å²) in [5.74, 6) is 0. The summed E-state index contributed by atoms with van der Waals surface area (Å²) in [6.07, 6.45) is 0.777. The van der Waals surface area contributed by atoms with E-state index >= 15 is 0 Å². The average Bonchev–Trinajstić information content (AvgIpc) is 2.96. The van der Waals surface area contributed by atoms with Crippen molar-refractivity contribution in [1.29, 1.82) is 0 Å². The van der Waals surface area contributed by atoms with Crippen molar-refractivity contribution >= 4 is 33.5 Å². The van der Waals surface area contributed by atoms with Crippen LogP contribution in [-0.4, -0.2) is 32.5 Å². The van der Waals surface area contributed by atoms with E-state index in [1.807, 2.05) is 0 Å². The van der Waals surface area contributed by atoms with Crippen molar-refractivity contribution < 1.29 is 12.8 Å². The van der Waals surface area contributed by atoms with Gasteiger partial charge in [0.1, 0.15) is 5.52 Å². The number of hydrogen-bond donors (Lipinski definition) is 2. The molecular formula is C11H14ClN3O3S. The second-order valence-corrected chi connectivity index (χ2v) is 5.85. The fourth-order valence-electron chi connectivity index (χ4n) is 1.99. The van der Waals surface area contributed by atoms with E-state index in [9.17, 15) is 8.42 Å². The molecule has 1 fully saturated rings. The van der Waals surface area contributed by atoms with Crippen molar-refractivity contribution in [3.63, 3.8) is 0 Å². The number of fused-ring (bicyclic) bond motifs is 1. The monoisotopic (exact) mass is 303 g/mol. The van der Waals surface area contributed by atoms with Gasteiger partial charge in [0.15, 0.2) is 5.58 Å². The summed E-state index contributed by atoms with van der Waals surface area (Å²) < 4.78 is 32.0. The van der Waals surface area contributed by atoms with Crippen LogP contribution in [0.1, 0.15) is 6.42 Å². The summed E-state index contributed by atoms with van der Waals surface area (Å²) in [7, 11) is -3.67. The number of sulfonamides is 1. The van der Waals surface area contributed by atoms with Crippen LogP contribution in [0, 0.1) is 0 Å². The van der Waals surface area contributed by atoms with Crippen LogP contribution in [0.15, 0.2) is 33.9 Å². The summed E-state index contributed by atoms with van der Waals surface area (Å²) in [6.45, 7) is 1.46. The van der Waals surface area contributed by atoms with Crippen molar-refractivity contribution in [3.8, 4) is 0 Å². The predicted octanol–water partition coefficient (Wildman–Crippen LogP) is 0.890. The molecule has 1 atom stereocenters. The molecule has 2 N–H and O–H groups in total. The Kier molecular flexibility index (Phi) is 4.10. The molecule has 0 radical (unpaired) electrons. The topological polar surface area (TPSA) is 84.2 Å². The Hall–Kier alpha value is -1.15. The molecule has 0 spiro atoms. The predicted molar refractivity (Wildman–Crippen MR) is 72.9 cm³/mol. The van der Waals surface area contributed by atoms with E-state index in [0.29, 0.717) is 17.6 Å². The standard InChI is InChI=1S/C11H13N3O3S.ClH/c15-18(16,14-8-5-6-12-7-8)11-13-9-3-1-2-4-10(9)17-11;/h1-4,8,12,14H,5-7H2;1H/t8-;/m0./s1. The highest BCUT2D eigenvalue weighted by Gasteiger charge is 2.26. The van der Waals surface area contributed by atoms with Gasteiger partial charge in [-0.1, -0.05) is 12.1 Å². The number of rotatable bonds is 3. The Bertz CT molecular complexity index is 632. The molecule has 1 aromatic heterocycles. The maximum Gasteiger partial charge on any atom is 0.331 e. The molecule has 1 aliphatic rings. The van der Waals surface area contributed by atoms with Crippen LogP contribution in [0.3, 0.4) is 0 Å². The smallest absolute Gasteiger partial charge is 0.331 e. The molecule has 0 amide bonds. The first-order valence-corrected chi connectivity index (χ1v) is 7.22. The lowest BCUT2D eigenvalue weighted by molar-refractivity contribution is 0.448. The minimum Gasteiger partial charge on any atom is -0.427 e. The molecule has 19 heavy (non-hydrogen) atoms. The SMILES string of the molecule is Cl.O=S(=O)(N[C@H]1CCNC1)c1nc2ccccc2o1. The average molecular weight is 304 g/mol. The molecular weight excluding hydrogens is 290 g/mol. The van der Waals surface area contributed by atoms with E-state index in [1.165, 1.54) is 0 Å². The Morgan fingerprint density at radius 2 is 2.16 bits per heavy atom. The number of nitrogens with zero attached hydrogens (tertiary/aromatic N) is 1. The third-order valence-corrected chi connectivity index (χ3v) is 4.16. The summed E-state index contributed by atoms with van der Waals surface area (Å²) in [5.41, 5.74) is 1.02. The second kappa shape index (κ2) is 5.46. The zero-order valence-corrected chi connectivity index (χ0v) is 11.6. The molecule has 3 rings (SSSR count). The first kappa shape index (κ1) is 14.3. The number of nitrogens with one attached hydrogen (secondary N) is 2. The van der Waals surface area contributed by atoms with Crippen molar-refractivity contribution in [2.75, 3.05) is 13.1 Å². The lowest BCUT2D eigenvalue weighted by Gasteiger charge is -2.08. The highest BCUT2D eigenvalue weighted by molar-refractivity contribution is 7.89. The van der Waals surface area contributed by atoms with Crippen LogP contribution in [0.5, 0.6) is 0 Å². The highest BCUT2D eigenvalue weighted by atomic mass is 35.5. The molecule has 0 saturated carbocycles. The van der Waals surface area contributed by atoms with Gasteiger partial charge in [0.2, 0.25) is 0 Å². The maximum atomic E-state index is 12.1. The number of para-hydroxylation sites is 2. The summed E-state index contributed by atoms with van der Waals surface area (Å²) in [5, 5.41) is 2.83. The molecule has 1 aliphatic heterocycles. The Morgan fingerprint density at radius 1 is 1.37 bits per heavy atom. The van der Waals surface area contributed by atoms with Gasteiger partial charge in [-0.05, 0) is 25.1 Å². The molecule has 104 valence electrons. The molecule has 2 aromatic rings. The van der Waals surface area contributed by atoms with Gasteiger partial charge in [-0.2, -0.15) is 4.98 Å². The van der Waals surface area contributed by atoms with E-state index in [2.05, 4.69) is 15.0 Å². The highest BCUT2D eigenvalue weighted by Crippen LogP contribution is 2.18. The third-order valence-electron chi connectivity index (χ3n) is 2.89. The Balaban J connectivity index is 0.00000133. The largest absolute Gasteiger partial charge is 0.427 e. The summed E-state index contributed by atoms with van der Waals surface area (Å²) >= 11 is 0. The normalized spacial score (nSPS) is 19.5. The van der Waals surface area contributed by atoms with Crippen molar-refractivity contribution in [3.05, 3.63) is 24.3 Å². The van der Waals surface area contributed by atoms with Crippen LogP contribution in [-0.2, 0) is 10.0 Å². The van der Waals surface area contributed by atoms with E-state index in [4.69, 9.17) is 4.42 Å². The quantitative estimate of drug-likeness (QED) is 0.880. The second-order valence-electron chi connectivity index (χ2n) is 4.26. The molecule has 1 saturated heterocycles. The summed E-state index contributed by atoms with van der Waals surface area (Å²) in [4.78, 5) is 3.99. The van der Waals surface area contributed by atoms with Gasteiger partial charge in [0, 0.05) is 12.6 Å². The number of hydrogen-bond acceptors (Lipinski definition) is 5. The maximum absolute atomic E-state index is 12.1. The number of halogens is 1. The zero-order valence-electron chi connectivity index (χ0n) is 10.00. The van der Waals surface area contributed by atoms with E-state index in [1.54, 1.807) is 24.3 Å². The van der Waals surface area contributed by atoms with Gasteiger partial charge >= 0.3 is 5.22 Å². The molecule has 0 aliphatic carbocycles. The van der Waals surface area contributed by atoms with Crippen molar-refractivity contribution in [2.45, 2.75) is 17.7 Å². The van der Waals surface area contributed by atoms with Gasteiger partial charge in [-0.15, -0.1) is 12.4 Å². The zero-order chi connectivity index (χ0) is 12.6. The van der Waals surface area contributed by atoms with Gasteiger partial charge in [-0.3, -0.25) is 0 Å². The van der Waals surface area contributed by atoms with Crippen molar-refractivity contribution in [2.24, 2.45) is 0 Å². The van der Waals surface area contributed by atoms with Crippen LogP contribution in [0.4, 0.5) is 0 Å². The van der Waals surface area contributed by atoms with Crippen LogP contribution in [0.25, 0.3) is 11.1 Å². The first-order valence-electron chi connectivity index (χ1n) is 5.74. The van der Waals surface area contributed by atoms with E-state index < -0.39 is 10.0 Å². The lowest BCUT2D eigenvalue weighted by Crippen LogP contribution is -2.36. The summed E-state index contributed by atoms with van der Waals surface area (Å²) in [6, 6.07) is 6.88.